The summed E-state index contributed by atoms with van der Waals surface area (Å²) in [6.45, 7) is 4.55. The van der Waals surface area contributed by atoms with E-state index in [9.17, 15) is 15.2 Å². The number of hydrogen-bond acceptors (Lipinski definition) is 4. The van der Waals surface area contributed by atoms with Crippen molar-refractivity contribution in [1.82, 2.24) is 0 Å². The average molecular weight is 250 g/mol. The minimum absolute atomic E-state index is 0.0853. The Balaban J connectivity index is 2.43. The molecule has 0 radical (unpaired) electrons. The molecule has 2 rings (SSSR count). The maximum absolute atomic E-state index is 11.2. The Hall–Kier alpha value is -1.62. The maximum Gasteiger partial charge on any atom is 0.292 e. The van der Waals surface area contributed by atoms with Gasteiger partial charge in [-0.2, -0.15) is 0 Å². The van der Waals surface area contributed by atoms with Crippen LogP contribution in [0.4, 0.5) is 11.4 Å². The largest absolute Gasteiger partial charge is 0.389 e. The third-order valence-corrected chi connectivity index (χ3v) is 3.54. The predicted octanol–water partition coefficient (Wildman–Crippen LogP) is 2.64. The number of nitro groups is 1. The normalized spacial score (nSPS) is 21.1. The monoisotopic (exact) mass is 250 g/mol. The van der Waals surface area contributed by atoms with Crippen LogP contribution in [0, 0.1) is 10.1 Å². The van der Waals surface area contributed by atoms with Crippen molar-refractivity contribution < 1.29 is 10.0 Å². The molecule has 1 unspecified atom stereocenters. The summed E-state index contributed by atoms with van der Waals surface area (Å²) in [6, 6.07) is 5.33. The van der Waals surface area contributed by atoms with Gasteiger partial charge in [0.2, 0.25) is 0 Å². The van der Waals surface area contributed by atoms with Crippen molar-refractivity contribution in [3.63, 3.8) is 0 Å². The molecule has 1 aromatic rings. The molecule has 1 heterocycles. The highest BCUT2D eigenvalue weighted by molar-refractivity contribution is 5.65. The average Bonchev–Trinajstić information content (AvgIpc) is 2.74. The van der Waals surface area contributed by atoms with E-state index in [1.165, 1.54) is 6.07 Å². The van der Waals surface area contributed by atoms with Gasteiger partial charge >= 0.3 is 0 Å². The lowest BCUT2D eigenvalue weighted by Gasteiger charge is -2.23. The van der Waals surface area contributed by atoms with Gasteiger partial charge in [0, 0.05) is 18.7 Å². The first-order chi connectivity index (χ1) is 8.50. The number of aliphatic hydroxyl groups excluding tert-OH is 1. The van der Waals surface area contributed by atoms with E-state index in [-0.39, 0.29) is 10.6 Å². The van der Waals surface area contributed by atoms with E-state index in [1.54, 1.807) is 19.1 Å². The molecule has 18 heavy (non-hydrogen) atoms. The second kappa shape index (κ2) is 4.94. The van der Waals surface area contributed by atoms with E-state index in [0.717, 1.165) is 19.4 Å². The molecule has 0 bridgehead atoms. The Bertz CT molecular complexity index is 460. The predicted molar refractivity (Wildman–Crippen MR) is 69.8 cm³/mol. The molecular weight excluding hydrogens is 232 g/mol. The van der Waals surface area contributed by atoms with E-state index in [1.807, 2.05) is 0 Å². The van der Waals surface area contributed by atoms with Crippen LogP contribution in [-0.2, 0) is 0 Å². The summed E-state index contributed by atoms with van der Waals surface area (Å²) in [5.41, 5.74) is 1.33. The van der Waals surface area contributed by atoms with Crippen LogP contribution < -0.4 is 4.90 Å². The molecule has 0 saturated carbocycles. The first kappa shape index (κ1) is 12.8. The molecule has 0 spiro atoms. The second-order valence-electron chi connectivity index (χ2n) is 4.87. The molecule has 1 aliphatic rings. The van der Waals surface area contributed by atoms with E-state index in [4.69, 9.17) is 0 Å². The van der Waals surface area contributed by atoms with Gasteiger partial charge in [-0.3, -0.25) is 10.1 Å². The summed E-state index contributed by atoms with van der Waals surface area (Å²) in [7, 11) is 0. The third-order valence-electron chi connectivity index (χ3n) is 3.54. The summed E-state index contributed by atoms with van der Waals surface area (Å²) in [4.78, 5) is 12.9. The Kier molecular flexibility index (Phi) is 3.52. The van der Waals surface area contributed by atoms with Gasteiger partial charge in [-0.05, 0) is 38.3 Å². The van der Waals surface area contributed by atoms with E-state index < -0.39 is 6.10 Å². The van der Waals surface area contributed by atoms with Crippen molar-refractivity contribution in [2.45, 2.75) is 38.8 Å². The summed E-state index contributed by atoms with van der Waals surface area (Å²) in [6.07, 6.45) is 1.44. The number of benzene rings is 1. The van der Waals surface area contributed by atoms with Crippen LogP contribution in [0.15, 0.2) is 18.2 Å². The Labute approximate surface area is 106 Å². The topological polar surface area (TPSA) is 66.6 Å². The highest BCUT2D eigenvalue weighted by Crippen LogP contribution is 2.35. The number of aliphatic hydroxyl groups is 1. The van der Waals surface area contributed by atoms with Gasteiger partial charge in [-0.15, -0.1) is 0 Å². The highest BCUT2D eigenvalue weighted by Gasteiger charge is 2.27. The number of nitro benzene ring substituents is 1. The third kappa shape index (κ3) is 2.31. The molecule has 5 nitrogen and oxygen atoms in total. The fourth-order valence-electron chi connectivity index (χ4n) is 2.48. The van der Waals surface area contributed by atoms with Crippen LogP contribution in [0.3, 0.4) is 0 Å². The van der Waals surface area contributed by atoms with Gasteiger partial charge in [0.1, 0.15) is 5.69 Å². The van der Waals surface area contributed by atoms with Gasteiger partial charge in [0.25, 0.3) is 5.69 Å². The molecule has 1 aliphatic heterocycles. The minimum atomic E-state index is -0.686. The molecule has 5 heteroatoms. The van der Waals surface area contributed by atoms with Gasteiger partial charge in [0.05, 0.1) is 11.0 Å². The van der Waals surface area contributed by atoms with Gasteiger partial charge in [0.15, 0.2) is 0 Å². The zero-order chi connectivity index (χ0) is 13.3. The molecule has 0 aliphatic carbocycles. The van der Waals surface area contributed by atoms with Gasteiger partial charge < -0.3 is 10.0 Å². The minimum Gasteiger partial charge on any atom is -0.389 e. The second-order valence-corrected chi connectivity index (χ2v) is 4.87. The molecule has 1 N–H and O–H groups in total. The first-order valence-corrected chi connectivity index (χ1v) is 6.23. The summed E-state index contributed by atoms with van der Waals surface area (Å²) < 4.78 is 0. The molecule has 1 saturated heterocycles. The Morgan fingerprint density at radius 1 is 1.56 bits per heavy atom. The van der Waals surface area contributed by atoms with Gasteiger partial charge in [-0.1, -0.05) is 6.07 Å². The Morgan fingerprint density at radius 3 is 2.78 bits per heavy atom. The molecule has 1 aromatic carbocycles. The lowest BCUT2D eigenvalue weighted by Crippen LogP contribution is -2.27. The highest BCUT2D eigenvalue weighted by atomic mass is 16.6. The number of rotatable bonds is 3. The molecule has 0 amide bonds. The summed E-state index contributed by atoms with van der Waals surface area (Å²) >= 11 is 0. The zero-order valence-electron chi connectivity index (χ0n) is 10.7. The van der Waals surface area contributed by atoms with Crippen molar-refractivity contribution in [1.29, 1.82) is 0 Å². The maximum atomic E-state index is 11.2. The fraction of sp³-hybridized carbons (Fsp3) is 0.538. The Morgan fingerprint density at radius 2 is 2.28 bits per heavy atom. The fourth-order valence-corrected chi connectivity index (χ4v) is 2.48. The van der Waals surface area contributed by atoms with E-state index >= 15 is 0 Å². The number of hydrogen-bond donors (Lipinski definition) is 1. The zero-order valence-corrected chi connectivity index (χ0v) is 10.7. The summed E-state index contributed by atoms with van der Waals surface area (Å²) in [5.74, 6) is 0. The quantitative estimate of drug-likeness (QED) is 0.661. The van der Waals surface area contributed by atoms with Crippen LogP contribution in [0.25, 0.3) is 0 Å². The SMILES string of the molecule is CC1CCCN1c1ccc([C@H](C)O)cc1[N+](=O)[O-]. The molecular formula is C13H18N2O3. The van der Waals surface area contributed by atoms with Crippen LogP contribution in [0.2, 0.25) is 0 Å². The van der Waals surface area contributed by atoms with Crippen LogP contribution in [-0.4, -0.2) is 22.6 Å². The standard InChI is InChI=1S/C13H18N2O3/c1-9-4-3-7-14(9)12-6-5-11(10(2)16)8-13(12)15(17)18/h5-6,8-10,16H,3-4,7H2,1-2H3/t9?,10-/m0/s1. The van der Waals surface area contributed by atoms with Crippen LogP contribution in [0.5, 0.6) is 0 Å². The smallest absolute Gasteiger partial charge is 0.292 e. The van der Waals surface area contributed by atoms with Crippen molar-refractivity contribution in [2.24, 2.45) is 0 Å². The van der Waals surface area contributed by atoms with Crippen LogP contribution >= 0.6 is 0 Å². The van der Waals surface area contributed by atoms with Crippen molar-refractivity contribution in [3.8, 4) is 0 Å². The first-order valence-electron chi connectivity index (χ1n) is 6.23. The van der Waals surface area contributed by atoms with E-state index in [2.05, 4.69) is 11.8 Å². The van der Waals surface area contributed by atoms with Crippen molar-refractivity contribution in [2.75, 3.05) is 11.4 Å². The van der Waals surface area contributed by atoms with Gasteiger partial charge in [-0.25, -0.2) is 0 Å². The molecule has 98 valence electrons. The van der Waals surface area contributed by atoms with Crippen LogP contribution in [0.1, 0.15) is 38.4 Å². The van der Waals surface area contributed by atoms with Crippen molar-refractivity contribution >= 4 is 11.4 Å². The van der Waals surface area contributed by atoms with E-state index in [0.29, 0.717) is 17.3 Å². The lowest BCUT2D eigenvalue weighted by atomic mass is 10.1. The van der Waals surface area contributed by atoms with Crippen molar-refractivity contribution in [3.05, 3.63) is 33.9 Å². The number of anilines is 1. The summed E-state index contributed by atoms with van der Waals surface area (Å²) in [5, 5.41) is 20.7. The molecule has 1 fully saturated rings. The number of nitrogens with zero attached hydrogens (tertiary/aromatic N) is 2. The molecule has 0 aromatic heterocycles. The lowest BCUT2D eigenvalue weighted by molar-refractivity contribution is -0.384. The molecule has 2 atom stereocenters.